The highest BCUT2D eigenvalue weighted by atomic mass is 35.5. The molecule has 0 aliphatic carbocycles. The van der Waals surface area contributed by atoms with Crippen molar-refractivity contribution in [1.29, 1.82) is 0 Å². The molecule has 120 valence electrons. The minimum absolute atomic E-state index is 0.108. The van der Waals surface area contributed by atoms with Crippen LogP contribution in [0.15, 0.2) is 29.1 Å². The summed E-state index contributed by atoms with van der Waals surface area (Å²) in [7, 11) is 0. The zero-order valence-corrected chi connectivity index (χ0v) is 14.8. The van der Waals surface area contributed by atoms with Gasteiger partial charge < -0.3 is 5.32 Å². The second kappa shape index (κ2) is 6.47. The van der Waals surface area contributed by atoms with Crippen molar-refractivity contribution in [2.24, 2.45) is 0 Å². The van der Waals surface area contributed by atoms with Gasteiger partial charge in [-0.25, -0.2) is 4.98 Å². The second-order valence-electron chi connectivity index (χ2n) is 5.05. The number of hydrogen-bond donors (Lipinski definition) is 1. The minimum atomic E-state index is -0.176. The van der Waals surface area contributed by atoms with Gasteiger partial charge in [-0.05, 0) is 25.0 Å². The molecule has 2 heterocycles. The van der Waals surface area contributed by atoms with E-state index in [2.05, 4.69) is 15.4 Å². The topological polar surface area (TPSA) is 59.3 Å². The number of nitrogens with one attached hydrogen (secondary N) is 1. The highest BCUT2D eigenvalue weighted by Gasteiger charge is 2.15. The molecule has 0 aliphatic heterocycles. The van der Waals surface area contributed by atoms with E-state index < -0.39 is 0 Å². The molecule has 1 aromatic carbocycles. The Morgan fingerprint density at radius 1 is 1.39 bits per heavy atom. The molecule has 1 N–H and O–H groups in total. The van der Waals surface area contributed by atoms with Crippen LogP contribution in [0.1, 0.15) is 31.1 Å². The predicted octanol–water partition coefficient (Wildman–Crippen LogP) is 4.19. The smallest absolute Gasteiger partial charge is 0.275 e. The Morgan fingerprint density at radius 2 is 2.17 bits per heavy atom. The lowest BCUT2D eigenvalue weighted by Crippen LogP contribution is -2.15. The maximum Gasteiger partial charge on any atom is 0.275 e. The van der Waals surface area contributed by atoms with Crippen molar-refractivity contribution in [3.05, 3.63) is 55.9 Å². The Hall–Kier alpha value is -1.63. The number of nitrogens with zero attached hydrogens (tertiary/aromatic N) is 3. The molecule has 5 nitrogen and oxygen atoms in total. The SMILES string of the molecule is CCc1cc(=O)n2nc(NC(C)c3cccc(Cl)c3Cl)sc2n1. The number of fused-ring (bicyclic) bond motifs is 1. The Labute approximate surface area is 146 Å². The number of benzene rings is 1. The van der Waals surface area contributed by atoms with Crippen LogP contribution in [-0.2, 0) is 6.42 Å². The Morgan fingerprint density at radius 3 is 2.91 bits per heavy atom. The van der Waals surface area contributed by atoms with E-state index >= 15 is 0 Å². The van der Waals surface area contributed by atoms with Crippen LogP contribution in [0.25, 0.3) is 4.96 Å². The average Bonchev–Trinajstić information content (AvgIpc) is 2.92. The molecule has 23 heavy (non-hydrogen) atoms. The van der Waals surface area contributed by atoms with Gasteiger partial charge in [-0.15, -0.1) is 5.10 Å². The standard InChI is InChI=1S/C15H14Cl2N4OS/c1-3-9-7-12(22)21-15(19-9)23-14(20-21)18-8(2)10-5-4-6-11(16)13(10)17/h4-8H,3H2,1-2H3,(H,18,20). The van der Waals surface area contributed by atoms with E-state index in [9.17, 15) is 4.79 Å². The monoisotopic (exact) mass is 368 g/mol. The molecule has 0 aliphatic rings. The van der Waals surface area contributed by atoms with E-state index in [1.165, 1.54) is 21.9 Å². The number of aromatic nitrogens is 3. The highest BCUT2D eigenvalue weighted by Crippen LogP contribution is 2.32. The molecule has 1 atom stereocenters. The molecule has 0 amide bonds. The summed E-state index contributed by atoms with van der Waals surface area (Å²) in [5.41, 5.74) is 1.45. The lowest BCUT2D eigenvalue weighted by molar-refractivity contribution is 0.841. The molecule has 0 saturated carbocycles. The highest BCUT2D eigenvalue weighted by molar-refractivity contribution is 7.20. The second-order valence-corrected chi connectivity index (χ2v) is 6.79. The van der Waals surface area contributed by atoms with Crippen LogP contribution in [-0.4, -0.2) is 14.6 Å². The molecule has 1 unspecified atom stereocenters. The van der Waals surface area contributed by atoms with Gasteiger partial charge in [-0.3, -0.25) is 4.79 Å². The van der Waals surface area contributed by atoms with Crippen molar-refractivity contribution in [3.63, 3.8) is 0 Å². The summed E-state index contributed by atoms with van der Waals surface area (Å²) in [5, 5.41) is 9.15. The molecular weight excluding hydrogens is 355 g/mol. The van der Waals surface area contributed by atoms with Crippen molar-refractivity contribution in [2.75, 3.05) is 5.32 Å². The van der Waals surface area contributed by atoms with Crippen LogP contribution in [0.3, 0.4) is 0 Å². The number of rotatable bonds is 4. The van der Waals surface area contributed by atoms with Gasteiger partial charge in [0.25, 0.3) is 5.56 Å². The van der Waals surface area contributed by atoms with Gasteiger partial charge in [0, 0.05) is 11.8 Å². The van der Waals surface area contributed by atoms with E-state index in [0.29, 0.717) is 26.6 Å². The first-order valence-corrected chi connectivity index (χ1v) is 8.67. The summed E-state index contributed by atoms with van der Waals surface area (Å²) >= 11 is 13.6. The molecule has 0 fully saturated rings. The lowest BCUT2D eigenvalue weighted by atomic mass is 10.1. The lowest BCUT2D eigenvalue weighted by Gasteiger charge is -2.15. The van der Waals surface area contributed by atoms with Crippen LogP contribution >= 0.6 is 34.5 Å². The predicted molar refractivity (Wildman–Crippen MR) is 95.0 cm³/mol. The van der Waals surface area contributed by atoms with E-state index in [1.54, 1.807) is 6.07 Å². The maximum atomic E-state index is 12.0. The van der Waals surface area contributed by atoms with Crippen molar-refractivity contribution < 1.29 is 0 Å². The third-order valence-electron chi connectivity index (χ3n) is 3.45. The first-order valence-electron chi connectivity index (χ1n) is 7.10. The van der Waals surface area contributed by atoms with E-state index in [-0.39, 0.29) is 11.6 Å². The number of anilines is 1. The van der Waals surface area contributed by atoms with Gasteiger partial charge in [0.15, 0.2) is 0 Å². The minimum Gasteiger partial charge on any atom is -0.354 e. The first-order chi connectivity index (χ1) is 11.0. The van der Waals surface area contributed by atoms with Crippen LogP contribution in [0.2, 0.25) is 10.0 Å². The normalized spacial score (nSPS) is 12.5. The van der Waals surface area contributed by atoms with Gasteiger partial charge in [0.1, 0.15) is 0 Å². The van der Waals surface area contributed by atoms with Gasteiger partial charge in [0.2, 0.25) is 10.1 Å². The molecule has 3 aromatic rings. The molecule has 0 bridgehead atoms. The fourth-order valence-corrected chi connectivity index (χ4v) is 3.60. The third-order valence-corrected chi connectivity index (χ3v) is 5.12. The molecule has 0 saturated heterocycles. The Bertz CT molecular complexity index is 921. The fourth-order valence-electron chi connectivity index (χ4n) is 2.21. The van der Waals surface area contributed by atoms with Crippen LogP contribution in [0.4, 0.5) is 5.13 Å². The number of aryl methyl sites for hydroxylation is 1. The molecular formula is C15H14Cl2N4OS. The van der Waals surface area contributed by atoms with Crippen LogP contribution in [0, 0.1) is 0 Å². The summed E-state index contributed by atoms with van der Waals surface area (Å²) in [6.07, 6.45) is 0.709. The van der Waals surface area contributed by atoms with Gasteiger partial charge in [-0.1, -0.05) is 53.6 Å². The molecule has 8 heteroatoms. The van der Waals surface area contributed by atoms with Gasteiger partial charge >= 0.3 is 0 Å². The molecule has 0 radical (unpaired) electrons. The maximum absolute atomic E-state index is 12.0. The largest absolute Gasteiger partial charge is 0.354 e. The summed E-state index contributed by atoms with van der Waals surface area (Å²) in [4.78, 5) is 17.0. The summed E-state index contributed by atoms with van der Waals surface area (Å²) in [6.45, 7) is 3.92. The summed E-state index contributed by atoms with van der Waals surface area (Å²) < 4.78 is 1.30. The molecule has 0 spiro atoms. The van der Waals surface area contributed by atoms with Crippen molar-refractivity contribution in [2.45, 2.75) is 26.3 Å². The van der Waals surface area contributed by atoms with Gasteiger partial charge in [-0.2, -0.15) is 4.52 Å². The molecule has 2 aromatic heterocycles. The first kappa shape index (κ1) is 16.2. The Kier molecular flexibility index (Phi) is 4.57. The Balaban J connectivity index is 1.93. The molecule has 3 rings (SSSR count). The van der Waals surface area contributed by atoms with E-state index in [1.807, 2.05) is 26.0 Å². The fraction of sp³-hybridized carbons (Fsp3) is 0.267. The van der Waals surface area contributed by atoms with Crippen molar-refractivity contribution >= 4 is 44.6 Å². The van der Waals surface area contributed by atoms with Crippen LogP contribution < -0.4 is 10.9 Å². The van der Waals surface area contributed by atoms with E-state index in [0.717, 1.165) is 11.3 Å². The third kappa shape index (κ3) is 3.20. The quantitative estimate of drug-likeness (QED) is 0.749. The average molecular weight is 369 g/mol. The van der Waals surface area contributed by atoms with Gasteiger partial charge in [0.05, 0.1) is 16.1 Å². The van der Waals surface area contributed by atoms with Crippen molar-refractivity contribution in [1.82, 2.24) is 14.6 Å². The zero-order chi connectivity index (χ0) is 16.6. The zero-order valence-electron chi connectivity index (χ0n) is 12.5. The summed E-state index contributed by atoms with van der Waals surface area (Å²) in [6, 6.07) is 6.89. The van der Waals surface area contributed by atoms with E-state index in [4.69, 9.17) is 23.2 Å². The number of halogens is 2. The van der Waals surface area contributed by atoms with Crippen LogP contribution in [0.5, 0.6) is 0 Å². The number of hydrogen-bond acceptors (Lipinski definition) is 5. The summed E-state index contributed by atoms with van der Waals surface area (Å²) in [5.74, 6) is 0. The van der Waals surface area contributed by atoms with Crippen molar-refractivity contribution in [3.8, 4) is 0 Å².